The van der Waals surface area contributed by atoms with Crippen molar-refractivity contribution in [2.75, 3.05) is 26.2 Å². The Morgan fingerprint density at radius 3 is 2.67 bits per heavy atom. The molecule has 2 aliphatic rings. The first-order valence-electron chi connectivity index (χ1n) is 11.7. The fourth-order valence-electron chi connectivity index (χ4n) is 5.03. The predicted molar refractivity (Wildman–Crippen MR) is 126 cm³/mol. The van der Waals surface area contributed by atoms with E-state index in [9.17, 15) is 9.59 Å². The second-order valence-electron chi connectivity index (χ2n) is 9.09. The van der Waals surface area contributed by atoms with E-state index < -0.39 is 0 Å². The molecule has 0 radical (unpaired) electrons. The van der Waals surface area contributed by atoms with Crippen LogP contribution in [0.1, 0.15) is 30.4 Å². The average Bonchev–Trinajstić information content (AvgIpc) is 2.99. The fourth-order valence-corrected chi connectivity index (χ4v) is 5.03. The maximum atomic E-state index is 12.9. The molecule has 2 aliphatic heterocycles. The van der Waals surface area contributed by atoms with E-state index in [-0.39, 0.29) is 17.4 Å². The second kappa shape index (κ2) is 9.32. The number of carbonyl (C=O) groups excluding carboxylic acids is 2. The lowest BCUT2D eigenvalue weighted by molar-refractivity contribution is -0.139. The first-order chi connectivity index (χ1) is 16.1. The number of hydrogen-bond donors (Lipinski definition) is 0. The van der Waals surface area contributed by atoms with Crippen molar-refractivity contribution in [3.05, 3.63) is 78.1 Å². The molecule has 6 heteroatoms. The van der Waals surface area contributed by atoms with Crippen molar-refractivity contribution >= 4 is 22.6 Å². The Kier molecular flexibility index (Phi) is 6.09. The molecule has 0 unspecified atom stereocenters. The molecular formula is C27H29N3O3. The zero-order chi connectivity index (χ0) is 22.7. The molecule has 0 bridgehead atoms. The van der Waals surface area contributed by atoms with Gasteiger partial charge in [-0.15, -0.1) is 0 Å². The van der Waals surface area contributed by atoms with Crippen molar-refractivity contribution in [2.45, 2.75) is 37.8 Å². The number of benzene rings is 2. The van der Waals surface area contributed by atoms with Gasteiger partial charge < -0.3 is 14.5 Å². The van der Waals surface area contributed by atoms with E-state index in [4.69, 9.17) is 4.74 Å². The van der Waals surface area contributed by atoms with Crippen LogP contribution in [-0.2, 0) is 27.3 Å². The summed E-state index contributed by atoms with van der Waals surface area (Å²) in [6, 6.07) is 18.3. The third kappa shape index (κ3) is 4.76. The standard InChI is InChI=1S/C27H29N3O3/c31-25-10-16-33-27(11-14-29(15-12-27)26(32)17-21-5-4-13-28-18-21)20-30(25)19-23-8-3-7-22-6-1-2-9-24(22)23/h1-9,13,18H,10-12,14-17,19-20H2. The lowest BCUT2D eigenvalue weighted by Gasteiger charge is -2.42. The van der Waals surface area contributed by atoms with Gasteiger partial charge in [-0.3, -0.25) is 14.6 Å². The Balaban J connectivity index is 1.27. The van der Waals surface area contributed by atoms with Gasteiger partial charge in [0.05, 0.1) is 31.6 Å². The van der Waals surface area contributed by atoms with Gasteiger partial charge >= 0.3 is 0 Å². The van der Waals surface area contributed by atoms with Gasteiger partial charge in [0.15, 0.2) is 0 Å². The Morgan fingerprint density at radius 2 is 1.85 bits per heavy atom. The lowest BCUT2D eigenvalue weighted by atomic mass is 9.90. The van der Waals surface area contributed by atoms with Crippen LogP contribution in [0.15, 0.2) is 67.0 Å². The monoisotopic (exact) mass is 443 g/mol. The number of nitrogens with zero attached hydrogens (tertiary/aromatic N) is 3. The summed E-state index contributed by atoms with van der Waals surface area (Å²) in [5, 5.41) is 2.37. The van der Waals surface area contributed by atoms with Crippen LogP contribution in [0.3, 0.4) is 0 Å². The molecular weight excluding hydrogens is 414 g/mol. The van der Waals surface area contributed by atoms with Crippen molar-refractivity contribution in [1.29, 1.82) is 0 Å². The largest absolute Gasteiger partial charge is 0.372 e. The van der Waals surface area contributed by atoms with Crippen LogP contribution in [0.4, 0.5) is 0 Å². The number of rotatable bonds is 4. The minimum absolute atomic E-state index is 0.121. The number of ether oxygens (including phenoxy) is 1. The molecule has 2 fully saturated rings. The third-order valence-electron chi connectivity index (χ3n) is 6.90. The fraction of sp³-hybridized carbons (Fsp3) is 0.370. The van der Waals surface area contributed by atoms with Gasteiger partial charge in [-0.25, -0.2) is 0 Å². The van der Waals surface area contributed by atoms with Crippen LogP contribution < -0.4 is 0 Å². The van der Waals surface area contributed by atoms with Crippen LogP contribution in [0.2, 0.25) is 0 Å². The van der Waals surface area contributed by atoms with E-state index in [1.54, 1.807) is 12.4 Å². The van der Waals surface area contributed by atoms with Crippen LogP contribution in [0, 0.1) is 0 Å². The van der Waals surface area contributed by atoms with Crippen molar-refractivity contribution in [1.82, 2.24) is 14.8 Å². The highest BCUT2D eigenvalue weighted by atomic mass is 16.5. The van der Waals surface area contributed by atoms with Crippen molar-refractivity contribution in [3.8, 4) is 0 Å². The number of piperidine rings is 1. The van der Waals surface area contributed by atoms with Crippen molar-refractivity contribution < 1.29 is 14.3 Å². The van der Waals surface area contributed by atoms with Crippen LogP contribution in [0.5, 0.6) is 0 Å². The highest BCUT2D eigenvalue weighted by Crippen LogP contribution is 2.32. The molecule has 0 N–H and O–H groups in total. The molecule has 3 heterocycles. The molecule has 0 aliphatic carbocycles. The molecule has 5 rings (SSSR count). The van der Waals surface area contributed by atoms with Crippen LogP contribution >= 0.6 is 0 Å². The SMILES string of the molecule is O=C(Cc1cccnc1)N1CCC2(CC1)CN(Cc1cccc3ccccc13)C(=O)CCO2. The maximum Gasteiger partial charge on any atom is 0.227 e. The Bertz CT molecular complexity index is 1130. The molecule has 170 valence electrons. The van der Waals surface area contributed by atoms with Gasteiger partial charge in [0.2, 0.25) is 11.8 Å². The summed E-state index contributed by atoms with van der Waals surface area (Å²) >= 11 is 0. The number of hydrogen-bond acceptors (Lipinski definition) is 4. The zero-order valence-corrected chi connectivity index (χ0v) is 18.8. The van der Waals surface area contributed by atoms with E-state index in [0.717, 1.165) is 24.0 Å². The summed E-state index contributed by atoms with van der Waals surface area (Å²) in [4.78, 5) is 33.7. The van der Waals surface area contributed by atoms with Crippen LogP contribution in [0.25, 0.3) is 10.8 Å². The molecule has 3 aromatic rings. The number of aromatic nitrogens is 1. The van der Waals surface area contributed by atoms with E-state index in [1.807, 2.05) is 34.1 Å². The minimum Gasteiger partial charge on any atom is -0.372 e. The molecule has 2 saturated heterocycles. The number of pyridine rings is 1. The Morgan fingerprint density at radius 1 is 1.03 bits per heavy atom. The van der Waals surface area contributed by atoms with E-state index in [1.165, 1.54) is 10.8 Å². The summed E-state index contributed by atoms with van der Waals surface area (Å²) in [5.74, 6) is 0.255. The van der Waals surface area contributed by atoms with Gasteiger partial charge in [-0.05, 0) is 40.8 Å². The third-order valence-corrected chi connectivity index (χ3v) is 6.90. The number of amides is 2. The number of fused-ring (bicyclic) bond motifs is 1. The first kappa shape index (κ1) is 21.6. The van der Waals surface area contributed by atoms with Gasteiger partial charge in [0, 0.05) is 32.0 Å². The summed E-state index contributed by atoms with van der Waals surface area (Å²) in [6.45, 7) is 2.88. The Labute approximate surface area is 194 Å². The summed E-state index contributed by atoms with van der Waals surface area (Å²) in [7, 11) is 0. The topological polar surface area (TPSA) is 62.7 Å². The second-order valence-corrected chi connectivity index (χ2v) is 9.09. The maximum absolute atomic E-state index is 12.9. The quantitative estimate of drug-likeness (QED) is 0.618. The molecule has 0 atom stereocenters. The number of carbonyl (C=O) groups is 2. The minimum atomic E-state index is -0.387. The average molecular weight is 444 g/mol. The normalized spacial score (nSPS) is 18.5. The zero-order valence-electron chi connectivity index (χ0n) is 18.8. The van der Waals surface area contributed by atoms with E-state index in [0.29, 0.717) is 45.6 Å². The highest BCUT2D eigenvalue weighted by Gasteiger charge is 2.41. The van der Waals surface area contributed by atoms with Gasteiger partial charge in [-0.1, -0.05) is 48.5 Å². The highest BCUT2D eigenvalue weighted by molar-refractivity contribution is 5.86. The molecule has 6 nitrogen and oxygen atoms in total. The summed E-state index contributed by atoms with van der Waals surface area (Å²) in [5.41, 5.74) is 1.70. The van der Waals surface area contributed by atoms with Gasteiger partial charge in [-0.2, -0.15) is 0 Å². The molecule has 0 saturated carbocycles. The van der Waals surface area contributed by atoms with E-state index in [2.05, 4.69) is 35.3 Å². The summed E-state index contributed by atoms with van der Waals surface area (Å²) < 4.78 is 6.29. The lowest BCUT2D eigenvalue weighted by Crippen LogP contribution is -2.53. The number of likely N-dealkylation sites (tertiary alicyclic amines) is 1. The predicted octanol–water partition coefficient (Wildman–Crippen LogP) is 3.59. The summed E-state index contributed by atoms with van der Waals surface area (Å²) in [6.07, 6.45) is 5.71. The van der Waals surface area contributed by atoms with E-state index >= 15 is 0 Å². The molecule has 2 aromatic carbocycles. The van der Waals surface area contributed by atoms with Crippen molar-refractivity contribution in [3.63, 3.8) is 0 Å². The van der Waals surface area contributed by atoms with Crippen molar-refractivity contribution in [2.24, 2.45) is 0 Å². The molecule has 1 aromatic heterocycles. The first-order valence-corrected chi connectivity index (χ1v) is 11.7. The molecule has 2 amide bonds. The smallest absolute Gasteiger partial charge is 0.227 e. The van der Waals surface area contributed by atoms with Crippen LogP contribution in [-0.4, -0.2) is 58.4 Å². The molecule has 1 spiro atoms. The van der Waals surface area contributed by atoms with Gasteiger partial charge in [0.1, 0.15) is 0 Å². The molecule has 33 heavy (non-hydrogen) atoms. The van der Waals surface area contributed by atoms with Gasteiger partial charge in [0.25, 0.3) is 0 Å². The Hall–Kier alpha value is -3.25.